The lowest BCUT2D eigenvalue weighted by Crippen LogP contribution is -2.67. The van der Waals surface area contributed by atoms with E-state index in [4.69, 9.17) is 4.74 Å². The molecule has 2 amide bonds. The number of hydrogen-bond donors (Lipinski definition) is 0. The van der Waals surface area contributed by atoms with E-state index in [2.05, 4.69) is 0 Å². The SMILES string of the molecule is C[C@@H](c1ccccc1)N1C(=O)[C@H]2[C@@H]1CCN2C(=O)OC(C)(C)C. The summed E-state index contributed by atoms with van der Waals surface area (Å²) in [4.78, 5) is 28.4. The fourth-order valence-corrected chi connectivity index (χ4v) is 3.49. The molecule has 1 aromatic rings. The van der Waals surface area contributed by atoms with Gasteiger partial charge in [-0.2, -0.15) is 0 Å². The van der Waals surface area contributed by atoms with Crippen molar-refractivity contribution in [3.63, 3.8) is 0 Å². The molecule has 0 aliphatic carbocycles. The molecule has 0 N–H and O–H groups in total. The van der Waals surface area contributed by atoms with Crippen molar-refractivity contribution in [1.82, 2.24) is 9.80 Å². The predicted molar refractivity (Wildman–Crippen MR) is 86.8 cm³/mol. The van der Waals surface area contributed by atoms with E-state index in [9.17, 15) is 9.59 Å². The van der Waals surface area contributed by atoms with Crippen LogP contribution in [0.2, 0.25) is 0 Å². The predicted octanol–water partition coefficient (Wildman–Crippen LogP) is 2.97. The zero-order chi connectivity index (χ0) is 16.8. The van der Waals surface area contributed by atoms with E-state index < -0.39 is 5.60 Å². The molecule has 2 fully saturated rings. The van der Waals surface area contributed by atoms with Crippen molar-refractivity contribution in [2.24, 2.45) is 0 Å². The number of amides is 2. The smallest absolute Gasteiger partial charge is 0.411 e. The van der Waals surface area contributed by atoms with Gasteiger partial charge in [0.15, 0.2) is 0 Å². The third-order valence-corrected chi connectivity index (χ3v) is 4.56. The Morgan fingerprint density at radius 3 is 2.52 bits per heavy atom. The second kappa shape index (κ2) is 5.55. The van der Waals surface area contributed by atoms with Crippen molar-refractivity contribution >= 4 is 12.0 Å². The molecule has 2 aliphatic heterocycles. The third kappa shape index (κ3) is 2.80. The first-order valence-electron chi connectivity index (χ1n) is 8.16. The largest absolute Gasteiger partial charge is 0.444 e. The van der Waals surface area contributed by atoms with Crippen LogP contribution in [0.1, 0.15) is 45.7 Å². The highest BCUT2D eigenvalue weighted by atomic mass is 16.6. The fraction of sp³-hybridized carbons (Fsp3) is 0.556. The van der Waals surface area contributed by atoms with Gasteiger partial charge in [0.1, 0.15) is 11.6 Å². The first kappa shape index (κ1) is 15.8. The van der Waals surface area contributed by atoms with Crippen molar-refractivity contribution in [2.75, 3.05) is 6.54 Å². The Morgan fingerprint density at radius 1 is 1.26 bits per heavy atom. The number of nitrogens with zero attached hydrogens (tertiary/aromatic N) is 2. The van der Waals surface area contributed by atoms with Crippen LogP contribution in [0, 0.1) is 0 Å². The molecular weight excluding hydrogens is 292 g/mol. The zero-order valence-electron chi connectivity index (χ0n) is 14.2. The molecule has 1 aromatic carbocycles. The molecule has 124 valence electrons. The van der Waals surface area contributed by atoms with Gasteiger partial charge in [-0.15, -0.1) is 0 Å². The second-order valence-electron chi connectivity index (χ2n) is 7.31. The summed E-state index contributed by atoms with van der Waals surface area (Å²) in [7, 11) is 0. The summed E-state index contributed by atoms with van der Waals surface area (Å²) in [5, 5.41) is 0. The Hall–Kier alpha value is -2.04. The van der Waals surface area contributed by atoms with E-state index in [1.54, 1.807) is 4.90 Å². The molecule has 5 heteroatoms. The van der Waals surface area contributed by atoms with Gasteiger partial charge in [0.2, 0.25) is 5.91 Å². The van der Waals surface area contributed by atoms with Crippen molar-refractivity contribution < 1.29 is 14.3 Å². The van der Waals surface area contributed by atoms with Gasteiger partial charge in [0.25, 0.3) is 0 Å². The molecule has 3 rings (SSSR count). The molecule has 5 nitrogen and oxygen atoms in total. The average molecular weight is 316 g/mol. The van der Waals surface area contributed by atoms with E-state index >= 15 is 0 Å². The minimum Gasteiger partial charge on any atom is -0.444 e. The van der Waals surface area contributed by atoms with Crippen LogP contribution in [-0.4, -0.2) is 46.0 Å². The lowest BCUT2D eigenvalue weighted by atomic mass is 9.91. The van der Waals surface area contributed by atoms with Gasteiger partial charge in [-0.1, -0.05) is 30.3 Å². The Bertz CT molecular complexity index is 608. The highest BCUT2D eigenvalue weighted by Crippen LogP contribution is 2.40. The minimum absolute atomic E-state index is 0.0229. The summed E-state index contributed by atoms with van der Waals surface area (Å²) in [6, 6.07) is 9.78. The van der Waals surface area contributed by atoms with Crippen LogP contribution in [0.25, 0.3) is 0 Å². The summed E-state index contributed by atoms with van der Waals surface area (Å²) in [5.74, 6) is 0.0229. The Labute approximate surface area is 137 Å². The molecule has 0 radical (unpaired) electrons. The maximum Gasteiger partial charge on any atom is 0.411 e. The summed E-state index contributed by atoms with van der Waals surface area (Å²) in [6.45, 7) is 8.13. The number of likely N-dealkylation sites (tertiary alicyclic amines) is 2. The Balaban J connectivity index is 1.71. The summed E-state index contributed by atoms with van der Waals surface area (Å²) < 4.78 is 5.42. The monoisotopic (exact) mass is 316 g/mol. The number of carbonyl (C=O) groups is 2. The van der Waals surface area contributed by atoms with Crippen LogP contribution >= 0.6 is 0 Å². The molecular formula is C18H24N2O3. The molecule has 0 saturated carbocycles. The van der Waals surface area contributed by atoms with Gasteiger partial charge in [-0.25, -0.2) is 4.79 Å². The van der Waals surface area contributed by atoms with Gasteiger partial charge in [-0.05, 0) is 39.7 Å². The molecule has 2 saturated heterocycles. The van der Waals surface area contributed by atoms with Gasteiger partial charge >= 0.3 is 6.09 Å². The molecule has 2 heterocycles. The number of fused-ring (bicyclic) bond motifs is 1. The highest BCUT2D eigenvalue weighted by molar-refractivity contribution is 5.93. The van der Waals surface area contributed by atoms with Crippen molar-refractivity contribution in [3.05, 3.63) is 35.9 Å². The van der Waals surface area contributed by atoms with Crippen LogP contribution in [0.15, 0.2) is 30.3 Å². The molecule has 0 unspecified atom stereocenters. The van der Waals surface area contributed by atoms with Crippen LogP contribution < -0.4 is 0 Å². The van der Waals surface area contributed by atoms with E-state index in [0.717, 1.165) is 12.0 Å². The van der Waals surface area contributed by atoms with E-state index in [1.807, 2.05) is 62.9 Å². The summed E-state index contributed by atoms with van der Waals surface area (Å²) in [5.41, 5.74) is 0.578. The Morgan fingerprint density at radius 2 is 1.91 bits per heavy atom. The second-order valence-corrected chi connectivity index (χ2v) is 7.31. The summed E-state index contributed by atoms with van der Waals surface area (Å²) >= 11 is 0. The maximum atomic E-state index is 12.6. The van der Waals surface area contributed by atoms with Crippen molar-refractivity contribution in [2.45, 2.75) is 57.8 Å². The number of benzene rings is 1. The fourth-order valence-electron chi connectivity index (χ4n) is 3.49. The highest BCUT2D eigenvalue weighted by Gasteiger charge is 2.57. The molecule has 0 spiro atoms. The first-order valence-corrected chi connectivity index (χ1v) is 8.16. The molecule has 2 aliphatic rings. The van der Waals surface area contributed by atoms with Crippen LogP contribution in [0.5, 0.6) is 0 Å². The van der Waals surface area contributed by atoms with E-state index in [0.29, 0.717) is 6.54 Å². The normalized spacial score (nSPS) is 25.0. The third-order valence-electron chi connectivity index (χ3n) is 4.56. The number of carbonyl (C=O) groups excluding carboxylic acids is 2. The first-order chi connectivity index (χ1) is 10.8. The summed E-state index contributed by atoms with van der Waals surface area (Å²) in [6.07, 6.45) is 0.428. The molecule has 3 atom stereocenters. The molecule has 23 heavy (non-hydrogen) atoms. The number of rotatable bonds is 2. The maximum absolute atomic E-state index is 12.6. The quantitative estimate of drug-likeness (QED) is 0.788. The average Bonchev–Trinajstić information content (AvgIpc) is 2.86. The van der Waals surface area contributed by atoms with E-state index in [-0.39, 0.29) is 30.1 Å². The minimum atomic E-state index is -0.543. The van der Waals surface area contributed by atoms with E-state index in [1.165, 1.54) is 0 Å². The van der Waals surface area contributed by atoms with Crippen molar-refractivity contribution in [3.8, 4) is 0 Å². The topological polar surface area (TPSA) is 49.9 Å². The number of ether oxygens (including phenoxy) is 1. The molecule has 0 aromatic heterocycles. The Kier molecular flexibility index (Phi) is 3.82. The standard InChI is InChI=1S/C18H24N2O3/c1-12(13-8-6-5-7-9-13)20-14-10-11-19(15(14)16(20)21)17(22)23-18(2,3)4/h5-9,12,14-15H,10-11H2,1-4H3/t12-,14-,15+/m0/s1. The zero-order valence-corrected chi connectivity index (χ0v) is 14.2. The van der Waals surface area contributed by atoms with Gasteiger partial charge in [-0.3, -0.25) is 9.69 Å². The number of hydrogen-bond acceptors (Lipinski definition) is 3. The van der Waals surface area contributed by atoms with Crippen molar-refractivity contribution in [1.29, 1.82) is 0 Å². The van der Waals surface area contributed by atoms with Gasteiger partial charge < -0.3 is 9.64 Å². The van der Waals surface area contributed by atoms with Crippen LogP contribution in [-0.2, 0) is 9.53 Å². The molecule has 0 bridgehead atoms. The van der Waals surface area contributed by atoms with Gasteiger partial charge in [0.05, 0.1) is 12.1 Å². The van der Waals surface area contributed by atoms with Gasteiger partial charge in [0, 0.05) is 6.54 Å². The van der Waals surface area contributed by atoms with Crippen LogP contribution in [0.3, 0.4) is 0 Å². The lowest BCUT2D eigenvalue weighted by molar-refractivity contribution is -0.157. The van der Waals surface area contributed by atoms with Crippen LogP contribution in [0.4, 0.5) is 4.79 Å². The number of β-lactam (4-membered cyclic amide) rings is 1. The lowest BCUT2D eigenvalue weighted by Gasteiger charge is -2.48.